The summed E-state index contributed by atoms with van der Waals surface area (Å²) in [7, 11) is -3.32. The summed E-state index contributed by atoms with van der Waals surface area (Å²) in [4.78, 5) is 22.6. The lowest BCUT2D eigenvalue weighted by Crippen LogP contribution is -2.33. The Kier molecular flexibility index (Phi) is 5.80. The van der Waals surface area contributed by atoms with Crippen LogP contribution in [0.25, 0.3) is 0 Å². The molecule has 3 N–H and O–H groups in total. The second-order valence-electron chi connectivity index (χ2n) is 4.99. The van der Waals surface area contributed by atoms with Gasteiger partial charge in [0.15, 0.2) is 11.6 Å². The van der Waals surface area contributed by atoms with Gasteiger partial charge < -0.3 is 10.1 Å². The number of nitrogens with one attached hydrogen (secondary N) is 3. The molecule has 0 spiro atoms. The van der Waals surface area contributed by atoms with Crippen LogP contribution in [0.2, 0.25) is 0 Å². The van der Waals surface area contributed by atoms with Crippen molar-refractivity contribution in [3.05, 3.63) is 53.6 Å². The van der Waals surface area contributed by atoms with E-state index in [0.717, 1.165) is 29.0 Å². The third-order valence-corrected chi connectivity index (χ3v) is 4.03. The molecule has 2 aromatic rings. The fraction of sp³-hybridized carbons (Fsp3) is 0.0667. The van der Waals surface area contributed by atoms with Gasteiger partial charge in [0.2, 0.25) is 0 Å². The predicted octanol–water partition coefficient (Wildman–Crippen LogP) is 2.02. The van der Waals surface area contributed by atoms with Crippen molar-refractivity contribution in [2.75, 3.05) is 17.1 Å². The minimum absolute atomic E-state index is 0.0110. The molecule has 0 heterocycles. The average molecular weight is 400 g/mol. The monoisotopic (exact) mass is 400 g/mol. The van der Waals surface area contributed by atoms with Crippen LogP contribution in [0.5, 0.6) is 5.75 Å². The Bertz CT molecular complexity index is 997. The molecule has 0 bridgehead atoms. The third-order valence-electron chi connectivity index (χ3n) is 3.10. The number of halogens is 2. The minimum Gasteiger partial charge on any atom is -0.495 e. The molecule has 0 aliphatic carbocycles. The summed E-state index contributed by atoms with van der Waals surface area (Å²) in [6.07, 6.45) is -2.06. The number of hydrogen-bond donors (Lipinski definition) is 3. The van der Waals surface area contributed by atoms with E-state index < -0.39 is 33.8 Å². The Morgan fingerprint density at radius 1 is 1.04 bits per heavy atom. The molecule has 0 atom stereocenters. The Balaban J connectivity index is 2.28. The van der Waals surface area contributed by atoms with Gasteiger partial charge in [0, 0.05) is 17.3 Å². The van der Waals surface area contributed by atoms with Crippen LogP contribution in [0.4, 0.5) is 25.0 Å². The van der Waals surface area contributed by atoms with Crippen LogP contribution in [0.1, 0.15) is 10.4 Å². The highest BCUT2D eigenvalue weighted by atomic mass is 32.2. The molecule has 0 fully saturated rings. The number of rotatable bonds is 6. The van der Waals surface area contributed by atoms with Gasteiger partial charge in [-0.15, -0.1) is 0 Å². The van der Waals surface area contributed by atoms with E-state index in [2.05, 4.69) is 5.32 Å². The van der Waals surface area contributed by atoms with Crippen LogP contribution < -0.4 is 19.5 Å². The van der Waals surface area contributed by atoms with Gasteiger partial charge in [0.1, 0.15) is 5.75 Å². The van der Waals surface area contributed by atoms with E-state index >= 15 is 0 Å². The fourth-order valence-electron chi connectivity index (χ4n) is 1.99. The first-order chi connectivity index (χ1) is 12.6. The van der Waals surface area contributed by atoms with Crippen molar-refractivity contribution < 1.29 is 36.6 Å². The van der Waals surface area contributed by atoms with Gasteiger partial charge in [-0.2, -0.15) is 13.1 Å². The maximum absolute atomic E-state index is 13.2. The van der Waals surface area contributed by atoms with E-state index in [9.17, 15) is 31.9 Å². The van der Waals surface area contributed by atoms with Crippen LogP contribution in [0.15, 0.2) is 36.4 Å². The zero-order valence-electron chi connectivity index (χ0n) is 13.6. The van der Waals surface area contributed by atoms with Crippen molar-refractivity contribution in [1.82, 2.24) is 4.72 Å². The highest BCUT2D eigenvalue weighted by Crippen LogP contribution is 2.27. The lowest BCUT2D eigenvalue weighted by atomic mass is 10.1. The molecular formula is C15H12F2N3O6S. The third kappa shape index (κ3) is 5.28. The Labute approximate surface area is 152 Å². The van der Waals surface area contributed by atoms with Crippen molar-refractivity contribution >= 4 is 33.6 Å². The number of carbonyl (C=O) groups is 2. The summed E-state index contributed by atoms with van der Waals surface area (Å²) in [6, 6.07) is 6.30. The van der Waals surface area contributed by atoms with Gasteiger partial charge in [0.25, 0.3) is 5.91 Å². The molecule has 0 aliphatic rings. The Morgan fingerprint density at radius 2 is 1.74 bits per heavy atom. The Morgan fingerprint density at radius 3 is 2.33 bits per heavy atom. The summed E-state index contributed by atoms with van der Waals surface area (Å²) < 4.78 is 57.4. The predicted molar refractivity (Wildman–Crippen MR) is 89.1 cm³/mol. The number of methoxy groups -OCH3 is 1. The summed E-state index contributed by atoms with van der Waals surface area (Å²) >= 11 is 0. The molecule has 2 aromatic carbocycles. The molecule has 0 saturated carbocycles. The molecule has 27 heavy (non-hydrogen) atoms. The summed E-state index contributed by atoms with van der Waals surface area (Å²) in [5, 5.41) is 12.7. The first-order valence-corrected chi connectivity index (χ1v) is 8.55. The molecule has 0 saturated heterocycles. The van der Waals surface area contributed by atoms with Crippen LogP contribution in [-0.4, -0.2) is 27.5 Å². The summed E-state index contributed by atoms with van der Waals surface area (Å²) in [5.74, 6) is -3.03. The standard InChI is InChI=1S/C15H12F2N3O6S/c1-26-13-5-2-8(6-12(13)19-27(24,25)20-15(22)23)14(21)18-9-3-4-10(16)11(17)7-9/h2-7,19-20H,1H3,(H,18,21). The second-order valence-corrected chi connectivity index (χ2v) is 6.41. The maximum atomic E-state index is 13.2. The average Bonchev–Trinajstić information content (AvgIpc) is 2.56. The van der Waals surface area contributed by atoms with Gasteiger partial charge in [-0.05, 0) is 30.3 Å². The topological polar surface area (TPSA) is 134 Å². The van der Waals surface area contributed by atoms with E-state index in [1.54, 1.807) is 0 Å². The number of hydrogen-bond acceptors (Lipinski definition) is 5. The molecule has 1 radical (unpaired) electrons. The van der Waals surface area contributed by atoms with Gasteiger partial charge in [-0.1, -0.05) is 0 Å². The van der Waals surface area contributed by atoms with Gasteiger partial charge in [-0.25, -0.2) is 18.7 Å². The van der Waals surface area contributed by atoms with E-state index in [0.29, 0.717) is 0 Å². The lowest BCUT2D eigenvalue weighted by Gasteiger charge is -2.13. The fourth-order valence-corrected chi connectivity index (χ4v) is 2.71. The molecule has 0 aliphatic heterocycles. The van der Waals surface area contributed by atoms with Crippen molar-refractivity contribution in [2.24, 2.45) is 0 Å². The molecule has 12 heteroatoms. The number of anilines is 2. The number of benzene rings is 2. The highest BCUT2D eigenvalue weighted by Gasteiger charge is 2.18. The molecular weight excluding hydrogens is 388 g/mol. The van der Waals surface area contributed by atoms with Crippen molar-refractivity contribution in [1.29, 1.82) is 0 Å². The SMILES string of the molecule is COc1ccc(C(=O)Nc2ccc(F)c(F)c2)cc1NS(=O)(=O)NC([O])=O. The Hall–Kier alpha value is -3.41. The highest BCUT2D eigenvalue weighted by molar-refractivity contribution is 7.91. The second kappa shape index (κ2) is 7.86. The molecule has 2 amide bonds. The van der Waals surface area contributed by atoms with E-state index in [1.807, 2.05) is 4.72 Å². The van der Waals surface area contributed by atoms with E-state index in [1.165, 1.54) is 19.2 Å². The van der Waals surface area contributed by atoms with Crippen LogP contribution in [-0.2, 0) is 15.3 Å². The van der Waals surface area contributed by atoms with Gasteiger partial charge in [-0.3, -0.25) is 9.52 Å². The van der Waals surface area contributed by atoms with Crippen LogP contribution in [0.3, 0.4) is 0 Å². The first-order valence-electron chi connectivity index (χ1n) is 7.07. The quantitative estimate of drug-likeness (QED) is 0.682. The van der Waals surface area contributed by atoms with E-state index in [4.69, 9.17) is 4.74 Å². The molecule has 143 valence electrons. The zero-order valence-corrected chi connectivity index (χ0v) is 14.4. The number of carbonyl (C=O) groups excluding carboxylic acids is 2. The van der Waals surface area contributed by atoms with Crippen molar-refractivity contribution in [3.63, 3.8) is 0 Å². The summed E-state index contributed by atoms with van der Waals surface area (Å²) in [6.45, 7) is 0. The minimum atomic E-state index is -4.54. The largest absolute Gasteiger partial charge is 0.495 e. The van der Waals surface area contributed by atoms with E-state index in [-0.39, 0.29) is 22.7 Å². The normalized spacial score (nSPS) is 10.8. The molecule has 9 nitrogen and oxygen atoms in total. The van der Waals surface area contributed by atoms with Crippen molar-refractivity contribution in [2.45, 2.75) is 0 Å². The van der Waals surface area contributed by atoms with Gasteiger partial charge >= 0.3 is 16.3 Å². The number of ether oxygens (including phenoxy) is 1. The molecule has 0 aromatic heterocycles. The van der Waals surface area contributed by atoms with Crippen LogP contribution in [0, 0.1) is 11.6 Å². The molecule has 2 rings (SSSR count). The first kappa shape index (κ1) is 19.9. The lowest BCUT2D eigenvalue weighted by molar-refractivity contribution is 0.102. The molecule has 0 unspecified atom stereocenters. The van der Waals surface area contributed by atoms with Gasteiger partial charge in [0.05, 0.1) is 12.8 Å². The maximum Gasteiger partial charge on any atom is 0.465 e. The zero-order chi connectivity index (χ0) is 20.2. The summed E-state index contributed by atoms with van der Waals surface area (Å²) in [5.41, 5.74) is -0.355. The van der Waals surface area contributed by atoms with Crippen LogP contribution >= 0.6 is 0 Å². The van der Waals surface area contributed by atoms with Crippen molar-refractivity contribution in [3.8, 4) is 5.75 Å². The number of amides is 2. The smallest absolute Gasteiger partial charge is 0.465 e.